The Labute approximate surface area is 150 Å². The zero-order chi connectivity index (χ0) is 19.5. The molecule has 1 amide bonds. The summed E-state index contributed by atoms with van der Waals surface area (Å²) in [5.41, 5.74) is -1.37. The monoisotopic (exact) mass is 369 g/mol. The lowest BCUT2D eigenvalue weighted by Crippen LogP contribution is -2.40. The molecule has 0 spiro atoms. The first kappa shape index (κ1) is 20.0. The molecule has 7 heteroatoms. The number of amides is 1. The second-order valence-corrected chi connectivity index (χ2v) is 7.22. The smallest absolute Gasteiger partial charge is 0.417 e. The molecule has 26 heavy (non-hydrogen) atoms. The molecule has 142 valence electrons. The van der Waals surface area contributed by atoms with Crippen LogP contribution in [0.2, 0.25) is 0 Å². The summed E-state index contributed by atoms with van der Waals surface area (Å²) in [7, 11) is 0. The van der Waals surface area contributed by atoms with E-state index in [1.807, 2.05) is 0 Å². The van der Waals surface area contributed by atoms with E-state index in [0.29, 0.717) is 25.0 Å². The summed E-state index contributed by atoms with van der Waals surface area (Å²) >= 11 is 0. The van der Waals surface area contributed by atoms with Crippen molar-refractivity contribution >= 4 is 11.9 Å². The fourth-order valence-electron chi connectivity index (χ4n) is 2.71. The summed E-state index contributed by atoms with van der Waals surface area (Å²) in [5, 5.41) is 0. The topological polar surface area (TPSA) is 46.6 Å². The van der Waals surface area contributed by atoms with Crippen LogP contribution in [0.1, 0.15) is 49.5 Å². The fourth-order valence-corrected chi connectivity index (χ4v) is 2.71. The zero-order valence-corrected chi connectivity index (χ0v) is 15.0. The van der Waals surface area contributed by atoms with Gasteiger partial charge in [-0.3, -0.25) is 4.79 Å². The van der Waals surface area contributed by atoms with Gasteiger partial charge in [0.2, 0.25) is 0 Å². The lowest BCUT2D eigenvalue weighted by Gasteiger charge is -2.31. The molecule has 0 radical (unpaired) electrons. The van der Waals surface area contributed by atoms with Crippen molar-refractivity contribution in [1.29, 1.82) is 0 Å². The molecule has 2 rings (SSSR count). The quantitative estimate of drug-likeness (QED) is 0.553. The molecule has 0 saturated carbocycles. The number of hydrogen-bond donors (Lipinski definition) is 0. The third kappa shape index (κ3) is 5.34. The third-order valence-corrected chi connectivity index (χ3v) is 3.80. The number of rotatable bonds is 2. The Morgan fingerprint density at radius 2 is 1.81 bits per heavy atom. The van der Waals surface area contributed by atoms with Crippen molar-refractivity contribution in [2.45, 2.75) is 45.4 Å². The first-order valence-electron chi connectivity index (χ1n) is 8.35. The number of allylic oxidation sites excluding steroid dienone is 1. The first-order chi connectivity index (χ1) is 12.0. The van der Waals surface area contributed by atoms with Crippen molar-refractivity contribution in [3.63, 3.8) is 0 Å². The van der Waals surface area contributed by atoms with Gasteiger partial charge in [0.1, 0.15) is 5.60 Å². The molecule has 1 fully saturated rings. The number of piperidine rings is 1. The molecule has 1 aliphatic heterocycles. The number of hydrogen-bond acceptors (Lipinski definition) is 3. The van der Waals surface area contributed by atoms with Gasteiger partial charge in [-0.2, -0.15) is 13.2 Å². The van der Waals surface area contributed by atoms with E-state index in [4.69, 9.17) is 4.74 Å². The number of carbonyl (C=O) groups excluding carboxylic acids is 2. The van der Waals surface area contributed by atoms with Crippen LogP contribution in [-0.4, -0.2) is 35.5 Å². The van der Waals surface area contributed by atoms with Crippen molar-refractivity contribution in [3.8, 4) is 0 Å². The minimum Gasteiger partial charge on any atom is -0.444 e. The Hall–Kier alpha value is -2.31. The summed E-state index contributed by atoms with van der Waals surface area (Å²) in [5.74, 6) is -0.709. The van der Waals surface area contributed by atoms with Crippen LogP contribution in [0, 0.1) is 0 Å². The van der Waals surface area contributed by atoms with Crippen LogP contribution in [0.5, 0.6) is 0 Å². The van der Waals surface area contributed by atoms with Gasteiger partial charge in [-0.25, -0.2) is 4.79 Å². The number of alkyl halides is 3. The molecule has 1 aromatic rings. The van der Waals surface area contributed by atoms with Gasteiger partial charge in [0.15, 0.2) is 5.78 Å². The number of halogens is 3. The van der Waals surface area contributed by atoms with Crippen LogP contribution in [0.25, 0.3) is 0 Å². The molecule has 0 aromatic heterocycles. The maximum Gasteiger partial charge on any atom is 0.417 e. The molecule has 0 bridgehead atoms. The summed E-state index contributed by atoms with van der Waals surface area (Å²) in [4.78, 5) is 26.0. The number of ketones is 1. The highest BCUT2D eigenvalue weighted by Crippen LogP contribution is 2.32. The number of nitrogens with zero attached hydrogens (tertiary/aromatic N) is 1. The molecule has 0 atom stereocenters. The second kappa shape index (κ2) is 7.51. The SMILES string of the molecule is CC(C)(C)OC(=O)N1CCC/C(=C\C(=O)c2ccccc2C(F)(F)F)C1. The Bertz CT molecular complexity index is 717. The molecular formula is C19H22F3NO3. The Kier molecular flexibility index (Phi) is 5.78. The molecule has 0 N–H and O–H groups in total. The van der Waals surface area contributed by atoms with Crippen molar-refractivity contribution in [1.82, 2.24) is 4.90 Å². The average Bonchev–Trinajstić information content (AvgIpc) is 2.52. The molecule has 0 unspecified atom stereocenters. The van der Waals surface area contributed by atoms with Crippen LogP contribution >= 0.6 is 0 Å². The predicted octanol–water partition coefficient (Wildman–Crippen LogP) is 4.85. The Balaban J connectivity index is 2.17. The van der Waals surface area contributed by atoms with Crippen LogP contribution in [-0.2, 0) is 10.9 Å². The molecule has 1 aliphatic rings. The van der Waals surface area contributed by atoms with E-state index in [9.17, 15) is 22.8 Å². The van der Waals surface area contributed by atoms with Gasteiger partial charge >= 0.3 is 12.3 Å². The highest BCUT2D eigenvalue weighted by Gasteiger charge is 2.34. The Morgan fingerprint density at radius 3 is 2.42 bits per heavy atom. The van der Waals surface area contributed by atoms with Crippen LogP contribution in [0.15, 0.2) is 35.9 Å². The van der Waals surface area contributed by atoms with E-state index in [-0.39, 0.29) is 12.1 Å². The van der Waals surface area contributed by atoms with Gasteiger partial charge in [0.05, 0.1) is 5.56 Å². The first-order valence-corrected chi connectivity index (χ1v) is 8.35. The van der Waals surface area contributed by atoms with Crippen LogP contribution in [0.3, 0.4) is 0 Å². The highest BCUT2D eigenvalue weighted by atomic mass is 19.4. The van der Waals surface area contributed by atoms with Crippen molar-refractivity contribution < 1.29 is 27.5 Å². The minimum absolute atomic E-state index is 0.175. The number of benzene rings is 1. The predicted molar refractivity (Wildman–Crippen MR) is 90.9 cm³/mol. The second-order valence-electron chi connectivity index (χ2n) is 7.22. The van der Waals surface area contributed by atoms with E-state index in [0.717, 1.165) is 12.1 Å². The van der Waals surface area contributed by atoms with E-state index >= 15 is 0 Å². The van der Waals surface area contributed by atoms with Crippen molar-refractivity contribution in [2.24, 2.45) is 0 Å². The van der Waals surface area contributed by atoms with Crippen molar-refractivity contribution in [2.75, 3.05) is 13.1 Å². The lowest BCUT2D eigenvalue weighted by atomic mass is 9.98. The van der Waals surface area contributed by atoms with Gasteiger partial charge in [0, 0.05) is 18.7 Å². The molecule has 0 aliphatic carbocycles. The molecule has 4 nitrogen and oxygen atoms in total. The molecule has 1 heterocycles. The molecule has 1 aromatic carbocycles. The third-order valence-electron chi connectivity index (χ3n) is 3.80. The van der Waals surface area contributed by atoms with E-state index in [1.165, 1.54) is 23.1 Å². The maximum atomic E-state index is 13.1. The maximum absolute atomic E-state index is 13.1. The van der Waals surface area contributed by atoms with Gasteiger partial charge in [0.25, 0.3) is 0 Å². The summed E-state index contributed by atoms with van der Waals surface area (Å²) in [6.07, 6.45) is -2.70. The number of ether oxygens (including phenoxy) is 1. The van der Waals surface area contributed by atoms with Gasteiger partial charge in [-0.1, -0.05) is 18.2 Å². The fraction of sp³-hybridized carbons (Fsp3) is 0.474. The normalized spacial score (nSPS) is 17.3. The van der Waals surface area contributed by atoms with Crippen LogP contribution in [0.4, 0.5) is 18.0 Å². The minimum atomic E-state index is -4.60. The molecular weight excluding hydrogens is 347 g/mol. The summed E-state index contributed by atoms with van der Waals surface area (Å²) in [6.45, 7) is 5.92. The van der Waals surface area contributed by atoms with Crippen LogP contribution < -0.4 is 0 Å². The molecule has 1 saturated heterocycles. The lowest BCUT2D eigenvalue weighted by molar-refractivity contribution is -0.137. The standard InChI is InChI=1S/C19H22F3NO3/c1-18(2,3)26-17(25)23-10-6-7-13(12-23)11-16(24)14-8-4-5-9-15(14)19(20,21)22/h4-5,8-9,11H,6-7,10,12H2,1-3H3/b13-11+. The number of carbonyl (C=O) groups is 2. The van der Waals surface area contributed by atoms with Crippen molar-refractivity contribution in [3.05, 3.63) is 47.0 Å². The average molecular weight is 369 g/mol. The van der Waals surface area contributed by atoms with E-state index in [1.54, 1.807) is 20.8 Å². The zero-order valence-electron chi connectivity index (χ0n) is 15.0. The van der Waals surface area contributed by atoms with E-state index < -0.39 is 29.2 Å². The van der Waals surface area contributed by atoms with E-state index in [2.05, 4.69) is 0 Å². The highest BCUT2D eigenvalue weighted by molar-refractivity contribution is 6.06. The van der Waals surface area contributed by atoms with Gasteiger partial charge in [-0.05, 0) is 51.3 Å². The number of likely N-dealkylation sites (tertiary alicyclic amines) is 1. The Morgan fingerprint density at radius 1 is 1.15 bits per heavy atom. The largest absolute Gasteiger partial charge is 0.444 e. The summed E-state index contributed by atoms with van der Waals surface area (Å²) in [6, 6.07) is 4.70. The van der Waals surface area contributed by atoms with Gasteiger partial charge in [-0.15, -0.1) is 0 Å². The van der Waals surface area contributed by atoms with Gasteiger partial charge < -0.3 is 9.64 Å². The summed E-state index contributed by atoms with van der Waals surface area (Å²) < 4.78 is 44.5.